The number of aromatic nitrogens is 1. The molecule has 0 radical (unpaired) electrons. The third-order valence-corrected chi connectivity index (χ3v) is 4.15. The molecule has 0 fully saturated rings. The maximum atomic E-state index is 12.3. The van der Waals surface area contributed by atoms with Gasteiger partial charge in [-0.1, -0.05) is 11.2 Å². The van der Waals surface area contributed by atoms with E-state index in [2.05, 4.69) is 15.2 Å². The first kappa shape index (κ1) is 18.5. The summed E-state index contributed by atoms with van der Waals surface area (Å²) in [5.41, 5.74) is 5.43. The van der Waals surface area contributed by atoms with E-state index in [1.54, 1.807) is 17.5 Å². The van der Waals surface area contributed by atoms with Crippen LogP contribution in [0.15, 0.2) is 46.3 Å². The Morgan fingerprint density at radius 2 is 1.89 bits per heavy atom. The second-order valence-corrected chi connectivity index (χ2v) is 6.05. The van der Waals surface area contributed by atoms with Gasteiger partial charge in [0.25, 0.3) is 11.8 Å². The summed E-state index contributed by atoms with van der Waals surface area (Å²) in [5, 5.41) is 7.85. The minimum Gasteiger partial charge on any atom is -0.406 e. The highest BCUT2D eigenvalue weighted by molar-refractivity contribution is 7.13. The molecule has 0 aliphatic heterocycles. The van der Waals surface area contributed by atoms with E-state index in [-0.39, 0.29) is 22.7 Å². The Hall–Kier alpha value is -3.34. The summed E-state index contributed by atoms with van der Waals surface area (Å²) in [7, 11) is 0. The van der Waals surface area contributed by atoms with Crippen molar-refractivity contribution >= 4 is 29.0 Å². The fourth-order valence-electron chi connectivity index (χ4n) is 2.17. The maximum absolute atomic E-state index is 12.3. The lowest BCUT2D eigenvalue weighted by molar-refractivity contribution is -0.274. The second-order valence-electron chi connectivity index (χ2n) is 5.10. The Morgan fingerprint density at radius 1 is 1.19 bits per heavy atom. The van der Waals surface area contributed by atoms with Gasteiger partial charge >= 0.3 is 6.36 Å². The molecule has 0 saturated carbocycles. The van der Waals surface area contributed by atoms with E-state index in [1.165, 1.54) is 11.3 Å². The van der Waals surface area contributed by atoms with Gasteiger partial charge in [-0.2, -0.15) is 0 Å². The van der Waals surface area contributed by atoms with Crippen LogP contribution in [-0.4, -0.2) is 23.3 Å². The number of primary amides is 1. The van der Waals surface area contributed by atoms with Gasteiger partial charge in [-0.15, -0.1) is 24.5 Å². The molecule has 0 aliphatic rings. The molecule has 0 atom stereocenters. The molecule has 0 spiro atoms. The van der Waals surface area contributed by atoms with Crippen molar-refractivity contribution in [2.24, 2.45) is 5.73 Å². The monoisotopic (exact) mass is 397 g/mol. The molecule has 0 aliphatic carbocycles. The van der Waals surface area contributed by atoms with Crippen LogP contribution in [0.1, 0.15) is 20.7 Å². The number of thiophene rings is 1. The zero-order valence-corrected chi connectivity index (χ0v) is 14.1. The Bertz CT molecular complexity index is 966. The van der Waals surface area contributed by atoms with Gasteiger partial charge in [-0.25, -0.2) is 0 Å². The number of hydrogen-bond donors (Lipinski definition) is 2. The number of benzene rings is 1. The second kappa shape index (κ2) is 7.11. The van der Waals surface area contributed by atoms with Crippen molar-refractivity contribution in [2.75, 3.05) is 5.32 Å². The number of halogens is 3. The molecule has 11 heteroatoms. The predicted molar refractivity (Wildman–Crippen MR) is 89.4 cm³/mol. The van der Waals surface area contributed by atoms with E-state index < -0.39 is 23.9 Å². The van der Waals surface area contributed by atoms with Gasteiger partial charge in [0.15, 0.2) is 0 Å². The molecule has 3 rings (SSSR count). The highest BCUT2D eigenvalue weighted by Crippen LogP contribution is 2.32. The lowest BCUT2D eigenvalue weighted by Gasteiger charge is -2.09. The standard InChI is InChI=1S/C16H10F3N3O4S/c17-16(18,19)25-9-5-3-8(4-6-9)14(24)21-15-11(13(20)23)12(22-26-15)10-2-1-7-27-10/h1-7H,(H2,20,23)(H,21,24). The Balaban J connectivity index is 1.81. The first-order valence-electron chi connectivity index (χ1n) is 7.25. The number of carbonyl (C=O) groups excluding carboxylic acids is 2. The van der Waals surface area contributed by atoms with Crippen molar-refractivity contribution in [2.45, 2.75) is 6.36 Å². The number of carbonyl (C=O) groups is 2. The highest BCUT2D eigenvalue weighted by Gasteiger charge is 2.31. The number of nitrogens with zero attached hydrogens (tertiary/aromatic N) is 1. The average Bonchev–Trinajstić information content (AvgIpc) is 3.22. The van der Waals surface area contributed by atoms with E-state index in [4.69, 9.17) is 10.3 Å². The number of hydrogen-bond acceptors (Lipinski definition) is 6. The first-order valence-corrected chi connectivity index (χ1v) is 8.13. The Morgan fingerprint density at radius 3 is 2.44 bits per heavy atom. The SMILES string of the molecule is NC(=O)c1c(-c2cccs2)noc1NC(=O)c1ccc(OC(F)(F)F)cc1. The van der Waals surface area contributed by atoms with Gasteiger partial charge in [-0.05, 0) is 35.7 Å². The average molecular weight is 397 g/mol. The normalized spacial score (nSPS) is 11.2. The molecule has 1 aromatic carbocycles. The molecule has 0 unspecified atom stereocenters. The molecular formula is C16H10F3N3O4S. The van der Waals surface area contributed by atoms with Gasteiger partial charge < -0.3 is 15.0 Å². The summed E-state index contributed by atoms with van der Waals surface area (Å²) in [6, 6.07) is 7.64. The molecular weight excluding hydrogens is 387 g/mol. The molecule has 3 N–H and O–H groups in total. The van der Waals surface area contributed by atoms with Gasteiger partial charge in [-0.3, -0.25) is 14.9 Å². The smallest absolute Gasteiger partial charge is 0.406 e. The van der Waals surface area contributed by atoms with Gasteiger partial charge in [0.05, 0.1) is 4.88 Å². The number of nitrogens with two attached hydrogens (primary N) is 1. The first-order chi connectivity index (χ1) is 12.7. The van der Waals surface area contributed by atoms with E-state index in [9.17, 15) is 22.8 Å². The van der Waals surface area contributed by atoms with E-state index in [0.717, 1.165) is 24.3 Å². The van der Waals surface area contributed by atoms with Crippen LogP contribution in [0.2, 0.25) is 0 Å². The van der Waals surface area contributed by atoms with Crippen molar-refractivity contribution in [3.05, 3.63) is 52.9 Å². The summed E-state index contributed by atoms with van der Waals surface area (Å²) in [6.07, 6.45) is -4.84. The minimum atomic E-state index is -4.84. The number of amides is 2. The van der Waals surface area contributed by atoms with Gasteiger partial charge in [0.2, 0.25) is 5.88 Å². The van der Waals surface area contributed by atoms with Crippen molar-refractivity contribution in [3.63, 3.8) is 0 Å². The Labute approximate surface area is 153 Å². The molecule has 7 nitrogen and oxygen atoms in total. The highest BCUT2D eigenvalue weighted by atomic mass is 32.1. The number of nitrogens with one attached hydrogen (secondary N) is 1. The lowest BCUT2D eigenvalue weighted by Crippen LogP contribution is -2.18. The molecule has 3 aromatic rings. The topological polar surface area (TPSA) is 107 Å². The van der Waals surface area contributed by atoms with Crippen LogP contribution < -0.4 is 15.8 Å². The molecule has 0 saturated heterocycles. The van der Waals surface area contributed by atoms with Gasteiger partial charge in [0, 0.05) is 5.56 Å². The predicted octanol–water partition coefficient (Wildman–Crippen LogP) is 3.65. The number of rotatable bonds is 5. The summed E-state index contributed by atoms with van der Waals surface area (Å²) in [4.78, 5) is 24.6. The zero-order chi connectivity index (χ0) is 19.6. The van der Waals surface area contributed by atoms with E-state index in [1.807, 2.05) is 0 Å². The fraction of sp³-hybridized carbons (Fsp3) is 0.0625. The van der Waals surface area contributed by atoms with Crippen molar-refractivity contribution < 1.29 is 32.0 Å². The maximum Gasteiger partial charge on any atom is 0.573 e. The fourth-order valence-corrected chi connectivity index (χ4v) is 2.88. The summed E-state index contributed by atoms with van der Waals surface area (Å²) >= 11 is 1.29. The molecule has 27 heavy (non-hydrogen) atoms. The third-order valence-electron chi connectivity index (χ3n) is 3.27. The molecule has 2 aromatic heterocycles. The van der Waals surface area contributed by atoms with E-state index in [0.29, 0.717) is 4.88 Å². The summed E-state index contributed by atoms with van der Waals surface area (Å²) < 4.78 is 45.2. The van der Waals surface area contributed by atoms with Crippen LogP contribution in [0.4, 0.5) is 19.1 Å². The third kappa shape index (κ3) is 4.26. The van der Waals surface area contributed by atoms with Crippen molar-refractivity contribution in [1.29, 1.82) is 0 Å². The lowest BCUT2D eigenvalue weighted by atomic mass is 10.1. The zero-order valence-electron chi connectivity index (χ0n) is 13.2. The largest absolute Gasteiger partial charge is 0.573 e. The van der Waals surface area contributed by atoms with Crippen LogP contribution >= 0.6 is 11.3 Å². The summed E-state index contributed by atoms with van der Waals surface area (Å²) in [5.74, 6) is -2.32. The van der Waals surface area contributed by atoms with Gasteiger partial charge in [0.1, 0.15) is 17.0 Å². The molecule has 140 valence electrons. The van der Waals surface area contributed by atoms with Crippen LogP contribution in [0.25, 0.3) is 10.6 Å². The quantitative estimate of drug-likeness (QED) is 0.683. The summed E-state index contributed by atoms with van der Waals surface area (Å²) in [6.45, 7) is 0. The molecule has 2 amide bonds. The van der Waals surface area contributed by atoms with Crippen molar-refractivity contribution in [1.82, 2.24) is 5.16 Å². The van der Waals surface area contributed by atoms with Crippen LogP contribution in [0.3, 0.4) is 0 Å². The van der Waals surface area contributed by atoms with Crippen LogP contribution in [0, 0.1) is 0 Å². The van der Waals surface area contributed by atoms with Crippen LogP contribution in [0.5, 0.6) is 5.75 Å². The van der Waals surface area contributed by atoms with Crippen LogP contribution in [-0.2, 0) is 0 Å². The number of anilines is 1. The van der Waals surface area contributed by atoms with E-state index >= 15 is 0 Å². The molecule has 2 heterocycles. The van der Waals surface area contributed by atoms with Crippen molar-refractivity contribution in [3.8, 4) is 16.3 Å². The number of ether oxygens (including phenoxy) is 1. The number of alkyl halides is 3. The minimum absolute atomic E-state index is 0.00835. The Kier molecular flexibility index (Phi) is 4.86. The molecule has 0 bridgehead atoms.